The Hall–Kier alpha value is -0.0900. The number of hydrogen-bond acceptors (Lipinski definition) is 2. The van der Waals surface area contributed by atoms with Crippen molar-refractivity contribution in [1.82, 2.24) is 9.80 Å². The molecule has 0 aromatic rings. The van der Waals surface area contributed by atoms with Gasteiger partial charge in [0.1, 0.15) is 0 Å². The van der Waals surface area contributed by atoms with E-state index in [9.17, 15) is 4.79 Å². The zero-order valence-electron chi connectivity index (χ0n) is 11.1. The van der Waals surface area contributed by atoms with E-state index in [0.717, 1.165) is 19.5 Å². The third-order valence-electron chi connectivity index (χ3n) is 4.14. The number of hydrogen-bond donors (Lipinski definition) is 0. The fraction of sp³-hybridized carbons (Fsp3) is 0.923. The third-order valence-corrected chi connectivity index (χ3v) is 4.48. The van der Waals surface area contributed by atoms with Crippen molar-refractivity contribution in [3.63, 3.8) is 0 Å². The van der Waals surface area contributed by atoms with Gasteiger partial charge >= 0.3 is 0 Å². The van der Waals surface area contributed by atoms with Crippen molar-refractivity contribution in [2.75, 3.05) is 26.7 Å². The summed E-state index contributed by atoms with van der Waals surface area (Å²) in [6, 6.07) is 0.700. The van der Waals surface area contributed by atoms with Crippen LogP contribution in [0.5, 0.6) is 0 Å². The molecule has 2 aliphatic rings. The minimum absolute atomic E-state index is 0.240. The highest BCUT2D eigenvalue weighted by atomic mass is 79.9. The summed E-state index contributed by atoms with van der Waals surface area (Å²) in [5.41, 5.74) is 0. The Kier molecular flexibility index (Phi) is 3.83. The van der Waals surface area contributed by atoms with Crippen LogP contribution in [0.1, 0.15) is 33.1 Å². The van der Waals surface area contributed by atoms with E-state index in [0.29, 0.717) is 12.0 Å². The van der Waals surface area contributed by atoms with Crippen molar-refractivity contribution in [3.05, 3.63) is 0 Å². The average molecular weight is 303 g/mol. The van der Waals surface area contributed by atoms with Crippen molar-refractivity contribution < 1.29 is 4.79 Å². The van der Waals surface area contributed by atoms with Crippen LogP contribution in [0.4, 0.5) is 0 Å². The first kappa shape index (κ1) is 13.3. The van der Waals surface area contributed by atoms with Gasteiger partial charge in [0.15, 0.2) is 0 Å². The van der Waals surface area contributed by atoms with Crippen LogP contribution in [-0.2, 0) is 4.79 Å². The molecule has 2 heterocycles. The molecule has 2 rings (SSSR count). The smallest absolute Gasteiger partial charge is 0.238 e. The number of halogens is 1. The lowest BCUT2D eigenvalue weighted by Crippen LogP contribution is -2.56. The summed E-state index contributed by atoms with van der Waals surface area (Å²) in [4.78, 5) is 16.8. The standard InChI is InChI=1S/C13H23BrN2O/c1-13(2,14)12(17)16-8-6-11-10(9-16)5-4-7-15(11)3/h10-11H,4-9H2,1-3H3. The second kappa shape index (κ2) is 4.88. The number of piperidine rings is 2. The van der Waals surface area contributed by atoms with Crippen molar-refractivity contribution >= 4 is 21.8 Å². The molecular formula is C13H23BrN2O. The maximum atomic E-state index is 12.2. The second-order valence-corrected chi connectivity index (χ2v) is 7.95. The fourth-order valence-electron chi connectivity index (χ4n) is 3.21. The number of carbonyl (C=O) groups is 1. The number of carbonyl (C=O) groups excluding carboxylic acids is 1. The van der Waals surface area contributed by atoms with Crippen LogP contribution in [0.15, 0.2) is 0 Å². The highest BCUT2D eigenvalue weighted by molar-refractivity contribution is 9.10. The van der Waals surface area contributed by atoms with E-state index in [1.165, 1.54) is 19.4 Å². The van der Waals surface area contributed by atoms with Crippen LogP contribution in [0.25, 0.3) is 0 Å². The van der Waals surface area contributed by atoms with Crippen molar-refractivity contribution in [3.8, 4) is 0 Å². The molecule has 2 saturated heterocycles. The normalized spacial score (nSPS) is 31.2. The lowest BCUT2D eigenvalue weighted by molar-refractivity contribution is -0.136. The van der Waals surface area contributed by atoms with Gasteiger partial charge in [-0.25, -0.2) is 0 Å². The molecule has 0 spiro atoms. The predicted octanol–water partition coefficient (Wildman–Crippen LogP) is 2.10. The van der Waals surface area contributed by atoms with E-state index >= 15 is 0 Å². The highest BCUT2D eigenvalue weighted by Gasteiger charge is 2.38. The van der Waals surface area contributed by atoms with E-state index in [4.69, 9.17) is 0 Å². The second-order valence-electron chi connectivity index (χ2n) is 5.96. The number of rotatable bonds is 1. The Balaban J connectivity index is 2.00. The molecule has 0 radical (unpaired) electrons. The summed E-state index contributed by atoms with van der Waals surface area (Å²) >= 11 is 3.48. The molecular weight excluding hydrogens is 280 g/mol. The van der Waals surface area contributed by atoms with Gasteiger partial charge in [0.05, 0.1) is 4.32 Å². The molecule has 2 fully saturated rings. The molecule has 0 saturated carbocycles. The molecule has 2 aliphatic heterocycles. The largest absolute Gasteiger partial charge is 0.341 e. The minimum atomic E-state index is -0.416. The van der Waals surface area contributed by atoms with Crippen molar-refractivity contribution in [1.29, 1.82) is 0 Å². The van der Waals surface area contributed by atoms with E-state index in [1.807, 2.05) is 13.8 Å². The molecule has 0 aromatic heterocycles. The van der Waals surface area contributed by atoms with Gasteiger partial charge in [-0.05, 0) is 52.6 Å². The fourth-order valence-corrected chi connectivity index (χ4v) is 3.46. The highest BCUT2D eigenvalue weighted by Crippen LogP contribution is 2.31. The van der Waals surface area contributed by atoms with E-state index in [2.05, 4.69) is 32.8 Å². The number of likely N-dealkylation sites (tertiary alicyclic amines) is 2. The summed E-state index contributed by atoms with van der Waals surface area (Å²) < 4.78 is -0.416. The monoisotopic (exact) mass is 302 g/mol. The summed E-state index contributed by atoms with van der Waals surface area (Å²) in [5.74, 6) is 0.922. The van der Waals surface area contributed by atoms with E-state index in [1.54, 1.807) is 0 Å². The summed E-state index contributed by atoms with van der Waals surface area (Å²) in [6.45, 7) is 6.96. The molecule has 0 bridgehead atoms. The molecule has 17 heavy (non-hydrogen) atoms. The Labute approximate surface area is 113 Å². The van der Waals surface area contributed by atoms with Crippen molar-refractivity contribution in [2.45, 2.75) is 43.5 Å². The van der Waals surface area contributed by atoms with Crippen LogP contribution in [0, 0.1) is 5.92 Å². The lowest BCUT2D eigenvalue weighted by atomic mass is 9.84. The van der Waals surface area contributed by atoms with Crippen LogP contribution < -0.4 is 0 Å². The molecule has 3 nitrogen and oxygen atoms in total. The molecule has 0 aromatic carbocycles. The minimum Gasteiger partial charge on any atom is -0.341 e. The summed E-state index contributed by atoms with van der Waals surface area (Å²) in [7, 11) is 2.22. The quantitative estimate of drug-likeness (QED) is 0.693. The number of nitrogens with zero attached hydrogens (tertiary/aromatic N) is 2. The molecule has 2 atom stereocenters. The molecule has 4 heteroatoms. The zero-order valence-corrected chi connectivity index (χ0v) is 12.7. The molecule has 1 amide bonds. The van der Waals surface area contributed by atoms with Crippen LogP contribution >= 0.6 is 15.9 Å². The van der Waals surface area contributed by atoms with Crippen LogP contribution in [0.3, 0.4) is 0 Å². The molecule has 0 aliphatic carbocycles. The number of fused-ring (bicyclic) bond motifs is 1. The lowest BCUT2D eigenvalue weighted by Gasteiger charge is -2.46. The van der Waals surface area contributed by atoms with E-state index in [-0.39, 0.29) is 5.91 Å². The maximum absolute atomic E-state index is 12.2. The first-order chi connectivity index (χ1) is 7.89. The Morgan fingerprint density at radius 1 is 1.29 bits per heavy atom. The third kappa shape index (κ3) is 2.84. The first-order valence-electron chi connectivity index (χ1n) is 6.58. The van der Waals surface area contributed by atoms with Gasteiger partial charge in [0, 0.05) is 19.1 Å². The Bertz CT molecular complexity index is 300. The van der Waals surface area contributed by atoms with Gasteiger partial charge in [-0.1, -0.05) is 15.9 Å². The van der Waals surface area contributed by atoms with Gasteiger partial charge in [-0.2, -0.15) is 0 Å². The average Bonchev–Trinajstić information content (AvgIpc) is 2.26. The number of amides is 1. The summed E-state index contributed by atoms with van der Waals surface area (Å²) in [6.07, 6.45) is 3.69. The first-order valence-corrected chi connectivity index (χ1v) is 7.37. The van der Waals surface area contributed by atoms with Crippen LogP contribution in [0.2, 0.25) is 0 Å². The van der Waals surface area contributed by atoms with Gasteiger partial charge in [-0.15, -0.1) is 0 Å². The Morgan fingerprint density at radius 3 is 2.65 bits per heavy atom. The topological polar surface area (TPSA) is 23.6 Å². The molecule has 98 valence electrons. The Morgan fingerprint density at radius 2 is 2.00 bits per heavy atom. The summed E-state index contributed by atoms with van der Waals surface area (Å²) in [5, 5.41) is 0. The SMILES string of the molecule is CN1CCCC2CN(C(=O)C(C)(C)Br)CCC21. The van der Waals surface area contributed by atoms with Gasteiger partial charge in [-0.3, -0.25) is 4.79 Å². The predicted molar refractivity (Wildman–Crippen MR) is 73.3 cm³/mol. The molecule has 0 N–H and O–H groups in total. The van der Waals surface area contributed by atoms with Gasteiger partial charge in [0.25, 0.3) is 0 Å². The zero-order chi connectivity index (χ0) is 12.6. The van der Waals surface area contributed by atoms with Crippen LogP contribution in [-0.4, -0.2) is 52.8 Å². The van der Waals surface area contributed by atoms with Gasteiger partial charge < -0.3 is 9.80 Å². The van der Waals surface area contributed by atoms with E-state index < -0.39 is 4.32 Å². The molecule has 2 unspecified atom stereocenters. The van der Waals surface area contributed by atoms with Gasteiger partial charge in [0.2, 0.25) is 5.91 Å². The number of alkyl halides is 1. The van der Waals surface area contributed by atoms with Crippen molar-refractivity contribution in [2.24, 2.45) is 5.92 Å². The maximum Gasteiger partial charge on any atom is 0.238 e.